The molecule has 0 bridgehead atoms. The first-order valence-electron chi connectivity index (χ1n) is 7.06. The van der Waals surface area contributed by atoms with Gasteiger partial charge in [-0.25, -0.2) is 0 Å². The molecule has 0 amide bonds. The van der Waals surface area contributed by atoms with Gasteiger partial charge < -0.3 is 10.1 Å². The highest BCUT2D eigenvalue weighted by Gasteiger charge is 2.17. The molecule has 1 aromatic carbocycles. The summed E-state index contributed by atoms with van der Waals surface area (Å²) in [6.45, 7) is 5.86. The maximum Gasteiger partial charge on any atom is 0.119 e. The predicted octanol–water partition coefficient (Wildman–Crippen LogP) is 5.76. The van der Waals surface area contributed by atoms with Crippen LogP contribution in [0.25, 0.3) is 0 Å². The number of rotatable bonds is 7. The monoisotopic (exact) mass is 431 g/mol. The third-order valence-corrected chi connectivity index (χ3v) is 6.37. The molecule has 2 aromatic rings. The quantitative estimate of drug-likeness (QED) is 0.600. The molecule has 0 saturated heterocycles. The molecule has 0 aliphatic rings. The van der Waals surface area contributed by atoms with Gasteiger partial charge >= 0.3 is 0 Å². The first-order valence-corrected chi connectivity index (χ1v) is 9.46. The Morgan fingerprint density at radius 2 is 2.05 bits per heavy atom. The molecular formula is C16H19Br2NOS. The summed E-state index contributed by atoms with van der Waals surface area (Å²) in [5, 5.41) is 3.63. The molecule has 0 aliphatic heterocycles. The van der Waals surface area contributed by atoms with Crippen molar-refractivity contribution in [2.45, 2.75) is 26.3 Å². The molecule has 1 heterocycles. The van der Waals surface area contributed by atoms with Gasteiger partial charge in [0.2, 0.25) is 0 Å². The topological polar surface area (TPSA) is 21.3 Å². The minimum atomic E-state index is 0.193. The summed E-state index contributed by atoms with van der Waals surface area (Å²) in [7, 11) is 0. The van der Waals surface area contributed by atoms with Gasteiger partial charge in [-0.05, 0) is 75.5 Å². The van der Waals surface area contributed by atoms with Gasteiger partial charge in [-0.3, -0.25) is 0 Å². The average molecular weight is 433 g/mol. The van der Waals surface area contributed by atoms with E-state index in [1.54, 1.807) is 11.3 Å². The standard InChI is InChI=1S/C16H19Br2NOS/c1-3-8-19-15(14-10-13(17)16(18)21-14)11-6-5-7-12(9-11)20-4-2/h5-7,9-10,15,19H,3-4,8H2,1-2H3. The highest BCUT2D eigenvalue weighted by Crippen LogP contribution is 2.38. The van der Waals surface area contributed by atoms with Crippen molar-refractivity contribution in [3.8, 4) is 5.75 Å². The van der Waals surface area contributed by atoms with E-state index < -0.39 is 0 Å². The van der Waals surface area contributed by atoms with Crippen LogP contribution >= 0.6 is 43.2 Å². The lowest BCUT2D eigenvalue weighted by Gasteiger charge is -2.18. The molecule has 0 saturated carbocycles. The average Bonchev–Trinajstić information content (AvgIpc) is 2.80. The lowest BCUT2D eigenvalue weighted by Crippen LogP contribution is -2.22. The zero-order valence-electron chi connectivity index (χ0n) is 12.2. The highest BCUT2D eigenvalue weighted by molar-refractivity contribution is 9.13. The maximum atomic E-state index is 5.62. The normalized spacial score (nSPS) is 12.4. The Morgan fingerprint density at radius 3 is 2.67 bits per heavy atom. The number of thiophene rings is 1. The maximum absolute atomic E-state index is 5.62. The Balaban J connectivity index is 2.32. The summed E-state index contributed by atoms with van der Waals surface area (Å²) in [6.07, 6.45) is 1.11. The van der Waals surface area contributed by atoms with Gasteiger partial charge in [-0.2, -0.15) is 0 Å². The summed E-state index contributed by atoms with van der Waals surface area (Å²) in [5.74, 6) is 0.924. The van der Waals surface area contributed by atoms with Crippen LogP contribution in [0.1, 0.15) is 36.8 Å². The van der Waals surface area contributed by atoms with Crippen LogP contribution in [0.15, 0.2) is 38.6 Å². The van der Waals surface area contributed by atoms with Gasteiger partial charge in [0.1, 0.15) is 5.75 Å². The van der Waals surface area contributed by atoms with Gasteiger partial charge in [0.15, 0.2) is 0 Å². The smallest absolute Gasteiger partial charge is 0.119 e. The van der Waals surface area contributed by atoms with Crippen LogP contribution in [0.3, 0.4) is 0 Å². The van der Waals surface area contributed by atoms with E-state index in [1.165, 1.54) is 10.4 Å². The Morgan fingerprint density at radius 1 is 1.24 bits per heavy atom. The number of ether oxygens (including phenoxy) is 1. The lowest BCUT2D eigenvalue weighted by atomic mass is 10.0. The lowest BCUT2D eigenvalue weighted by molar-refractivity contribution is 0.339. The summed E-state index contributed by atoms with van der Waals surface area (Å²) in [4.78, 5) is 1.29. The third-order valence-electron chi connectivity index (χ3n) is 3.05. The Bertz CT molecular complexity index is 566. The van der Waals surface area contributed by atoms with E-state index in [0.29, 0.717) is 6.61 Å². The molecule has 0 radical (unpaired) electrons. The number of halogens is 2. The summed E-state index contributed by atoms with van der Waals surface area (Å²) in [5.41, 5.74) is 1.23. The van der Waals surface area contributed by atoms with Crippen LogP contribution in [0.4, 0.5) is 0 Å². The molecule has 0 spiro atoms. The third kappa shape index (κ3) is 4.55. The largest absolute Gasteiger partial charge is 0.494 e. The number of hydrogen-bond donors (Lipinski definition) is 1. The molecule has 1 N–H and O–H groups in total. The van der Waals surface area contributed by atoms with Gasteiger partial charge in [0, 0.05) is 9.35 Å². The molecule has 5 heteroatoms. The molecule has 0 aliphatic carbocycles. The first kappa shape index (κ1) is 17.0. The molecule has 21 heavy (non-hydrogen) atoms. The Kier molecular flexibility index (Phi) is 6.74. The van der Waals surface area contributed by atoms with Crippen molar-refractivity contribution in [1.82, 2.24) is 5.32 Å². The zero-order chi connectivity index (χ0) is 15.2. The molecule has 0 fully saturated rings. The number of nitrogens with one attached hydrogen (secondary N) is 1. The fourth-order valence-corrected chi connectivity index (χ4v) is 4.32. The van der Waals surface area contributed by atoms with Crippen molar-refractivity contribution in [2.24, 2.45) is 0 Å². The second kappa shape index (κ2) is 8.32. The molecule has 2 rings (SSSR count). The van der Waals surface area contributed by atoms with Crippen molar-refractivity contribution in [1.29, 1.82) is 0 Å². The second-order valence-electron chi connectivity index (χ2n) is 4.66. The molecule has 1 unspecified atom stereocenters. The van der Waals surface area contributed by atoms with E-state index in [-0.39, 0.29) is 6.04 Å². The van der Waals surface area contributed by atoms with Crippen molar-refractivity contribution < 1.29 is 4.74 Å². The van der Waals surface area contributed by atoms with Crippen molar-refractivity contribution in [2.75, 3.05) is 13.2 Å². The second-order valence-corrected chi connectivity index (χ2v) is 7.92. The summed E-state index contributed by atoms with van der Waals surface area (Å²) in [6, 6.07) is 10.7. The van der Waals surface area contributed by atoms with Crippen LogP contribution in [-0.4, -0.2) is 13.2 Å². The molecule has 2 nitrogen and oxygen atoms in total. The minimum absolute atomic E-state index is 0.193. The van der Waals surface area contributed by atoms with E-state index in [0.717, 1.165) is 27.0 Å². The van der Waals surface area contributed by atoms with E-state index in [2.05, 4.69) is 68.4 Å². The fraction of sp³-hybridized carbons (Fsp3) is 0.375. The Labute approximate surface area is 147 Å². The molecule has 114 valence electrons. The Hall–Kier alpha value is -0.360. The van der Waals surface area contributed by atoms with Crippen LogP contribution in [-0.2, 0) is 0 Å². The first-order chi connectivity index (χ1) is 10.2. The minimum Gasteiger partial charge on any atom is -0.494 e. The summed E-state index contributed by atoms with van der Waals surface area (Å²) >= 11 is 8.91. The van der Waals surface area contributed by atoms with Gasteiger partial charge in [0.05, 0.1) is 16.4 Å². The van der Waals surface area contributed by atoms with Crippen molar-refractivity contribution in [3.05, 3.63) is 49.0 Å². The van der Waals surface area contributed by atoms with Crippen LogP contribution in [0, 0.1) is 0 Å². The van der Waals surface area contributed by atoms with E-state index in [9.17, 15) is 0 Å². The fourth-order valence-electron chi connectivity index (χ4n) is 2.13. The van der Waals surface area contributed by atoms with Crippen LogP contribution in [0.2, 0.25) is 0 Å². The number of benzene rings is 1. The highest BCUT2D eigenvalue weighted by atomic mass is 79.9. The van der Waals surface area contributed by atoms with E-state index >= 15 is 0 Å². The molecular weight excluding hydrogens is 414 g/mol. The SMILES string of the molecule is CCCNC(c1cccc(OCC)c1)c1cc(Br)c(Br)s1. The van der Waals surface area contributed by atoms with Gasteiger partial charge in [0.25, 0.3) is 0 Å². The van der Waals surface area contributed by atoms with Gasteiger partial charge in [-0.1, -0.05) is 19.1 Å². The van der Waals surface area contributed by atoms with E-state index in [1.807, 2.05) is 13.0 Å². The zero-order valence-corrected chi connectivity index (χ0v) is 16.1. The number of hydrogen-bond acceptors (Lipinski definition) is 3. The molecule has 1 aromatic heterocycles. The van der Waals surface area contributed by atoms with Gasteiger partial charge in [-0.15, -0.1) is 11.3 Å². The van der Waals surface area contributed by atoms with E-state index in [4.69, 9.17) is 4.74 Å². The van der Waals surface area contributed by atoms with Crippen molar-refractivity contribution >= 4 is 43.2 Å². The van der Waals surface area contributed by atoms with Crippen LogP contribution in [0.5, 0.6) is 5.75 Å². The van der Waals surface area contributed by atoms with Crippen LogP contribution < -0.4 is 10.1 Å². The van der Waals surface area contributed by atoms with Crippen molar-refractivity contribution in [3.63, 3.8) is 0 Å². The summed E-state index contributed by atoms with van der Waals surface area (Å²) < 4.78 is 7.85. The predicted molar refractivity (Wildman–Crippen MR) is 97.5 cm³/mol. The molecule has 1 atom stereocenters.